The third kappa shape index (κ3) is 3.30. The highest BCUT2D eigenvalue weighted by Crippen LogP contribution is 2.48. The molecule has 0 unspecified atom stereocenters. The van der Waals surface area contributed by atoms with E-state index in [-0.39, 0.29) is 17.0 Å². The minimum Gasteiger partial charge on any atom is -0.435 e. The van der Waals surface area contributed by atoms with E-state index >= 15 is 0 Å². The number of benzene rings is 2. The zero-order valence-electron chi connectivity index (χ0n) is 18.4. The molecule has 2 heterocycles. The molecule has 0 spiro atoms. The van der Waals surface area contributed by atoms with Gasteiger partial charge in [-0.3, -0.25) is 0 Å². The van der Waals surface area contributed by atoms with Crippen LogP contribution < -0.4 is 0 Å². The SMILES string of the molecule is Cn1c(-c2ccccc2)cc2oc(C=C3C(=C(C#N)C#N)c4ccccc4C3=C(C#N)C#N)nc21. The summed E-state index contributed by atoms with van der Waals surface area (Å²) in [5, 5.41) is 38.6. The third-order valence-electron chi connectivity index (χ3n) is 5.89. The molecule has 162 valence electrons. The van der Waals surface area contributed by atoms with E-state index in [0.717, 1.165) is 11.3 Å². The van der Waals surface area contributed by atoms with E-state index in [2.05, 4.69) is 4.98 Å². The first-order valence-corrected chi connectivity index (χ1v) is 10.5. The van der Waals surface area contributed by atoms with Crippen molar-refractivity contribution in [1.29, 1.82) is 21.0 Å². The summed E-state index contributed by atoms with van der Waals surface area (Å²) in [6.07, 6.45) is 1.58. The summed E-state index contributed by atoms with van der Waals surface area (Å²) in [5.74, 6) is 0.230. The number of aryl methyl sites for hydroxylation is 1. The second-order valence-electron chi connectivity index (χ2n) is 7.75. The van der Waals surface area contributed by atoms with Crippen LogP contribution in [0.5, 0.6) is 0 Å². The van der Waals surface area contributed by atoms with Crippen molar-refractivity contribution in [2.24, 2.45) is 7.05 Å². The van der Waals surface area contributed by atoms with Crippen molar-refractivity contribution in [2.45, 2.75) is 0 Å². The van der Waals surface area contributed by atoms with Crippen LogP contribution in [0.3, 0.4) is 0 Å². The van der Waals surface area contributed by atoms with Crippen LogP contribution in [0, 0.1) is 45.3 Å². The molecule has 7 nitrogen and oxygen atoms in total. The molecule has 4 aromatic rings. The third-order valence-corrected chi connectivity index (χ3v) is 5.89. The zero-order valence-corrected chi connectivity index (χ0v) is 18.4. The van der Waals surface area contributed by atoms with Gasteiger partial charge in [-0.05, 0) is 22.3 Å². The number of hydrogen-bond acceptors (Lipinski definition) is 6. The Bertz CT molecular complexity index is 1680. The standard InChI is InChI=1S/C28H14N6O/c1-34-23(17-7-3-2-4-8-17)12-24-28(34)33-25(35-24)11-22-26(18(13-29)14-30)20-9-5-6-10-21(20)27(22)19(15-31)16-32/h2-12H,1H3. The van der Waals surface area contributed by atoms with Gasteiger partial charge in [0.15, 0.2) is 11.2 Å². The molecule has 0 saturated heterocycles. The number of hydrogen-bond donors (Lipinski definition) is 0. The van der Waals surface area contributed by atoms with Gasteiger partial charge >= 0.3 is 0 Å². The number of rotatable bonds is 2. The van der Waals surface area contributed by atoms with Gasteiger partial charge in [-0.15, -0.1) is 0 Å². The minimum atomic E-state index is -0.128. The number of oxazole rings is 1. The van der Waals surface area contributed by atoms with Crippen LogP contribution in [0.4, 0.5) is 0 Å². The van der Waals surface area contributed by atoms with E-state index < -0.39 is 0 Å². The Morgan fingerprint density at radius 2 is 1.37 bits per heavy atom. The van der Waals surface area contributed by atoms with Gasteiger partial charge in [0, 0.05) is 30.3 Å². The van der Waals surface area contributed by atoms with Crippen LogP contribution in [0.2, 0.25) is 0 Å². The average molecular weight is 450 g/mol. The van der Waals surface area contributed by atoms with Crippen LogP contribution in [0.15, 0.2) is 81.8 Å². The maximum Gasteiger partial charge on any atom is 0.222 e. The number of nitriles is 4. The van der Waals surface area contributed by atoms with Crippen LogP contribution in [0.1, 0.15) is 17.0 Å². The van der Waals surface area contributed by atoms with Crippen molar-refractivity contribution >= 4 is 28.5 Å². The van der Waals surface area contributed by atoms with Crippen molar-refractivity contribution in [2.75, 3.05) is 0 Å². The average Bonchev–Trinajstić information content (AvgIpc) is 3.53. The Labute approximate surface area is 200 Å². The van der Waals surface area contributed by atoms with E-state index in [1.54, 1.807) is 30.3 Å². The summed E-state index contributed by atoms with van der Waals surface area (Å²) in [6.45, 7) is 0. The van der Waals surface area contributed by atoms with Crippen molar-refractivity contribution in [1.82, 2.24) is 9.55 Å². The largest absolute Gasteiger partial charge is 0.435 e. The van der Waals surface area contributed by atoms with Gasteiger partial charge in [-0.25, -0.2) is 0 Å². The van der Waals surface area contributed by atoms with Gasteiger partial charge in [0.2, 0.25) is 5.89 Å². The lowest BCUT2D eigenvalue weighted by atomic mass is 9.96. The molecule has 0 saturated carbocycles. The molecule has 35 heavy (non-hydrogen) atoms. The summed E-state index contributed by atoms with van der Waals surface area (Å²) in [6, 6.07) is 26.5. The lowest BCUT2D eigenvalue weighted by Gasteiger charge is -2.04. The highest BCUT2D eigenvalue weighted by Gasteiger charge is 2.32. The van der Waals surface area contributed by atoms with Crippen LogP contribution in [-0.2, 0) is 7.05 Å². The molecule has 2 aromatic carbocycles. The van der Waals surface area contributed by atoms with Gasteiger partial charge in [-0.2, -0.15) is 26.0 Å². The molecule has 2 aromatic heterocycles. The second-order valence-corrected chi connectivity index (χ2v) is 7.75. The van der Waals surface area contributed by atoms with Crippen LogP contribution in [-0.4, -0.2) is 9.55 Å². The molecule has 1 aliphatic rings. The second kappa shape index (κ2) is 8.38. The minimum absolute atomic E-state index is 0.128. The summed E-state index contributed by atoms with van der Waals surface area (Å²) in [7, 11) is 1.89. The number of allylic oxidation sites excluding steroid dienone is 5. The number of nitrogens with zero attached hydrogens (tertiary/aromatic N) is 6. The molecule has 0 radical (unpaired) electrons. The Kier molecular flexibility index (Phi) is 5.08. The Balaban J connectivity index is 1.76. The first kappa shape index (κ1) is 21.2. The zero-order chi connectivity index (χ0) is 24.5. The summed E-state index contributed by atoms with van der Waals surface area (Å²) >= 11 is 0. The lowest BCUT2D eigenvalue weighted by Crippen LogP contribution is -1.93. The quantitative estimate of drug-likeness (QED) is 0.369. The van der Waals surface area contributed by atoms with Gasteiger partial charge in [0.25, 0.3) is 0 Å². The van der Waals surface area contributed by atoms with E-state index in [0.29, 0.717) is 39.1 Å². The fourth-order valence-corrected chi connectivity index (χ4v) is 4.37. The fourth-order valence-electron chi connectivity index (χ4n) is 4.37. The number of aromatic nitrogens is 2. The Morgan fingerprint density at radius 1 is 0.829 bits per heavy atom. The highest BCUT2D eigenvalue weighted by atomic mass is 16.3. The molecule has 0 atom stereocenters. The maximum absolute atomic E-state index is 9.65. The van der Waals surface area contributed by atoms with Gasteiger partial charge < -0.3 is 8.98 Å². The Morgan fingerprint density at radius 3 is 1.89 bits per heavy atom. The number of fused-ring (bicyclic) bond motifs is 2. The van der Waals surface area contributed by atoms with E-state index in [9.17, 15) is 21.0 Å². The topological polar surface area (TPSA) is 126 Å². The molecule has 7 heteroatoms. The van der Waals surface area contributed by atoms with Crippen LogP contribution >= 0.6 is 0 Å². The van der Waals surface area contributed by atoms with E-state index in [1.807, 2.05) is 72.3 Å². The Hall–Kier alpha value is -5.63. The predicted octanol–water partition coefficient (Wildman–Crippen LogP) is 5.53. The monoisotopic (exact) mass is 450 g/mol. The van der Waals surface area contributed by atoms with Gasteiger partial charge in [0.1, 0.15) is 35.4 Å². The predicted molar refractivity (Wildman–Crippen MR) is 129 cm³/mol. The van der Waals surface area contributed by atoms with Crippen LogP contribution in [0.25, 0.3) is 39.7 Å². The normalized spacial score (nSPS) is 11.9. The maximum atomic E-state index is 9.65. The van der Waals surface area contributed by atoms with E-state index in [1.165, 1.54) is 0 Å². The first-order valence-electron chi connectivity index (χ1n) is 10.5. The molecular weight excluding hydrogens is 436 g/mol. The molecule has 5 rings (SSSR count). The molecule has 1 aliphatic carbocycles. The lowest BCUT2D eigenvalue weighted by molar-refractivity contribution is 0.589. The fraction of sp³-hybridized carbons (Fsp3) is 0.0357. The first-order chi connectivity index (χ1) is 17.1. The van der Waals surface area contributed by atoms with Gasteiger partial charge in [0.05, 0.1) is 5.69 Å². The molecule has 0 bridgehead atoms. The van der Waals surface area contributed by atoms with Crippen molar-refractivity contribution in [3.63, 3.8) is 0 Å². The molecule has 0 aliphatic heterocycles. The molecule has 0 N–H and O–H groups in total. The molecule has 0 amide bonds. The van der Waals surface area contributed by atoms with Crippen molar-refractivity contribution in [3.05, 3.63) is 94.4 Å². The van der Waals surface area contributed by atoms with Crippen molar-refractivity contribution < 1.29 is 4.42 Å². The highest BCUT2D eigenvalue weighted by molar-refractivity contribution is 6.14. The molecule has 0 fully saturated rings. The van der Waals surface area contributed by atoms with Gasteiger partial charge in [-0.1, -0.05) is 54.6 Å². The summed E-state index contributed by atoms with van der Waals surface area (Å²) < 4.78 is 7.93. The summed E-state index contributed by atoms with van der Waals surface area (Å²) in [4.78, 5) is 4.62. The molecular formula is C28H14N6O. The summed E-state index contributed by atoms with van der Waals surface area (Å²) in [5.41, 5.74) is 5.12. The van der Waals surface area contributed by atoms with E-state index in [4.69, 9.17) is 4.42 Å². The van der Waals surface area contributed by atoms with Crippen molar-refractivity contribution in [3.8, 4) is 35.5 Å². The smallest absolute Gasteiger partial charge is 0.222 e.